The Labute approximate surface area is 128 Å². The number of carbonyl (C=O) groups is 1. The van der Waals surface area contributed by atoms with E-state index in [1.165, 1.54) is 25.9 Å². The van der Waals surface area contributed by atoms with Crippen LogP contribution in [-0.4, -0.2) is 85.0 Å². The lowest BCUT2D eigenvalue weighted by Crippen LogP contribution is -2.51. The lowest BCUT2D eigenvalue weighted by Gasteiger charge is -2.35. The normalized spacial score (nSPS) is 26.9. The lowest BCUT2D eigenvalue weighted by atomic mass is 10.0. The minimum Gasteiger partial charge on any atom is -0.352 e. The van der Waals surface area contributed by atoms with Crippen molar-refractivity contribution in [2.75, 3.05) is 52.4 Å². The number of amides is 1. The van der Waals surface area contributed by atoms with Gasteiger partial charge in [-0.2, -0.15) is 0 Å². The van der Waals surface area contributed by atoms with Gasteiger partial charge in [-0.1, -0.05) is 6.92 Å². The number of carbonyl (C=O) groups excluding carboxylic acids is 1. The van der Waals surface area contributed by atoms with Crippen LogP contribution >= 0.6 is 0 Å². The third kappa shape index (κ3) is 4.41. The van der Waals surface area contributed by atoms with Crippen molar-refractivity contribution in [3.05, 3.63) is 0 Å². The van der Waals surface area contributed by atoms with E-state index >= 15 is 0 Å². The van der Waals surface area contributed by atoms with Crippen molar-refractivity contribution in [2.24, 2.45) is 0 Å². The van der Waals surface area contributed by atoms with Gasteiger partial charge in [0.05, 0.1) is 6.54 Å². The van der Waals surface area contributed by atoms with Crippen molar-refractivity contribution >= 4 is 5.91 Å². The predicted octanol–water partition coefficient (Wildman–Crippen LogP) is 0.367. The van der Waals surface area contributed by atoms with E-state index in [4.69, 9.17) is 0 Å². The van der Waals surface area contributed by atoms with Gasteiger partial charge in [-0.05, 0) is 32.2 Å². The summed E-state index contributed by atoms with van der Waals surface area (Å²) in [4.78, 5) is 19.5. The number of hydrogen-bond donors (Lipinski definition) is 1. The van der Waals surface area contributed by atoms with E-state index in [2.05, 4.69) is 26.9 Å². The second kappa shape index (κ2) is 7.07. The summed E-state index contributed by atoms with van der Waals surface area (Å²) in [5.74, 6) is 0.227. The molecule has 3 aliphatic rings. The first kappa shape index (κ1) is 15.3. The molecule has 3 rings (SSSR count). The van der Waals surface area contributed by atoms with Crippen molar-refractivity contribution in [1.29, 1.82) is 0 Å². The number of piperidine rings is 1. The van der Waals surface area contributed by atoms with Crippen molar-refractivity contribution in [3.63, 3.8) is 0 Å². The smallest absolute Gasteiger partial charge is 0.234 e. The molecule has 21 heavy (non-hydrogen) atoms. The molecule has 0 radical (unpaired) electrons. The fourth-order valence-electron chi connectivity index (χ4n) is 3.59. The summed E-state index contributed by atoms with van der Waals surface area (Å²) >= 11 is 0. The minimum atomic E-state index is 0.227. The second-order valence-corrected chi connectivity index (χ2v) is 6.82. The number of hydrogen-bond acceptors (Lipinski definition) is 4. The van der Waals surface area contributed by atoms with Gasteiger partial charge >= 0.3 is 0 Å². The van der Waals surface area contributed by atoms with E-state index in [-0.39, 0.29) is 5.91 Å². The van der Waals surface area contributed by atoms with Crippen molar-refractivity contribution in [2.45, 2.75) is 44.7 Å². The van der Waals surface area contributed by atoms with Gasteiger partial charge < -0.3 is 15.1 Å². The summed E-state index contributed by atoms with van der Waals surface area (Å²) in [5.41, 5.74) is 0. The molecule has 5 nitrogen and oxygen atoms in total. The maximum Gasteiger partial charge on any atom is 0.234 e. The molecule has 1 amide bonds. The summed E-state index contributed by atoms with van der Waals surface area (Å²) in [6.45, 7) is 10.5. The first-order valence-corrected chi connectivity index (χ1v) is 8.72. The number of nitrogens with one attached hydrogen (secondary N) is 1. The monoisotopic (exact) mass is 294 g/mol. The molecular formula is C16H30N4O. The molecule has 0 aromatic carbocycles. The van der Waals surface area contributed by atoms with Crippen LogP contribution in [0.25, 0.3) is 0 Å². The molecule has 0 atom stereocenters. The number of piperazine rings is 1. The molecule has 1 aliphatic carbocycles. The van der Waals surface area contributed by atoms with E-state index < -0.39 is 0 Å². The van der Waals surface area contributed by atoms with Gasteiger partial charge in [-0.25, -0.2) is 0 Å². The fourth-order valence-corrected chi connectivity index (χ4v) is 3.59. The molecule has 0 aromatic heterocycles. The largest absolute Gasteiger partial charge is 0.352 e. The molecule has 120 valence electrons. The van der Waals surface area contributed by atoms with Crippen LogP contribution in [0.5, 0.6) is 0 Å². The molecule has 2 saturated heterocycles. The Kier molecular flexibility index (Phi) is 5.14. The first-order chi connectivity index (χ1) is 10.2. The summed E-state index contributed by atoms with van der Waals surface area (Å²) < 4.78 is 0. The van der Waals surface area contributed by atoms with Crippen LogP contribution in [0.1, 0.15) is 32.6 Å². The zero-order valence-electron chi connectivity index (χ0n) is 13.4. The molecule has 1 N–H and O–H groups in total. The molecule has 0 unspecified atom stereocenters. The quantitative estimate of drug-likeness (QED) is 0.795. The molecule has 2 heterocycles. The average molecular weight is 294 g/mol. The van der Waals surface area contributed by atoms with Crippen LogP contribution < -0.4 is 5.32 Å². The highest BCUT2D eigenvalue weighted by Crippen LogP contribution is 2.29. The predicted molar refractivity (Wildman–Crippen MR) is 84.3 cm³/mol. The molecule has 3 fully saturated rings. The Hall–Kier alpha value is -0.650. The highest BCUT2D eigenvalue weighted by atomic mass is 16.2. The van der Waals surface area contributed by atoms with Gasteiger partial charge in [0, 0.05) is 51.4 Å². The van der Waals surface area contributed by atoms with Crippen LogP contribution in [0.3, 0.4) is 0 Å². The number of likely N-dealkylation sites (N-methyl/N-ethyl adjacent to an activating group) is 1. The van der Waals surface area contributed by atoms with Crippen LogP contribution in [0.15, 0.2) is 0 Å². The van der Waals surface area contributed by atoms with Crippen LogP contribution in [0.2, 0.25) is 0 Å². The molecule has 5 heteroatoms. The fraction of sp³-hybridized carbons (Fsp3) is 0.938. The van der Waals surface area contributed by atoms with Gasteiger partial charge in [0.25, 0.3) is 0 Å². The van der Waals surface area contributed by atoms with Gasteiger partial charge in [-0.15, -0.1) is 0 Å². The Morgan fingerprint density at radius 1 is 0.952 bits per heavy atom. The maximum absolute atomic E-state index is 12.2. The summed E-state index contributed by atoms with van der Waals surface area (Å²) in [5, 5.41) is 3.25. The number of nitrogens with zero attached hydrogens (tertiary/aromatic N) is 3. The third-order valence-corrected chi connectivity index (χ3v) is 5.24. The van der Waals surface area contributed by atoms with E-state index in [9.17, 15) is 4.79 Å². The number of likely N-dealkylation sites (tertiary alicyclic amines) is 1. The van der Waals surface area contributed by atoms with Gasteiger partial charge in [0.1, 0.15) is 0 Å². The van der Waals surface area contributed by atoms with Crippen LogP contribution in [0.4, 0.5) is 0 Å². The first-order valence-electron chi connectivity index (χ1n) is 8.72. The highest BCUT2D eigenvalue weighted by molar-refractivity contribution is 5.78. The zero-order valence-corrected chi connectivity index (χ0v) is 13.4. The van der Waals surface area contributed by atoms with E-state index in [1.54, 1.807) is 0 Å². The Bertz CT molecular complexity index is 342. The Balaban J connectivity index is 1.33. The van der Waals surface area contributed by atoms with Crippen LogP contribution in [-0.2, 0) is 4.79 Å². The average Bonchev–Trinajstić information content (AvgIpc) is 3.33. The van der Waals surface area contributed by atoms with Gasteiger partial charge in [0.15, 0.2) is 0 Å². The van der Waals surface area contributed by atoms with Crippen molar-refractivity contribution < 1.29 is 4.79 Å². The summed E-state index contributed by atoms with van der Waals surface area (Å²) in [7, 11) is 0. The standard InChI is InChI=1S/C16H30N4O/c1-2-18-9-11-19(12-10-18)13-16(21)17-14-5-7-20(8-6-14)15-3-4-15/h14-15H,2-13H2,1H3,(H,17,21). The Morgan fingerprint density at radius 3 is 2.14 bits per heavy atom. The van der Waals surface area contributed by atoms with Crippen molar-refractivity contribution in [1.82, 2.24) is 20.0 Å². The molecule has 1 saturated carbocycles. The Morgan fingerprint density at radius 2 is 1.57 bits per heavy atom. The zero-order chi connectivity index (χ0) is 14.7. The summed E-state index contributed by atoms with van der Waals surface area (Å²) in [6.07, 6.45) is 5.04. The maximum atomic E-state index is 12.2. The SMILES string of the molecule is CCN1CCN(CC(=O)NC2CCN(C3CC3)CC2)CC1. The van der Waals surface area contributed by atoms with Gasteiger partial charge in [-0.3, -0.25) is 9.69 Å². The van der Waals surface area contributed by atoms with Crippen molar-refractivity contribution in [3.8, 4) is 0 Å². The van der Waals surface area contributed by atoms with E-state index in [0.717, 1.165) is 51.6 Å². The topological polar surface area (TPSA) is 38.8 Å². The number of rotatable bonds is 5. The summed E-state index contributed by atoms with van der Waals surface area (Å²) in [6, 6.07) is 1.28. The van der Waals surface area contributed by atoms with E-state index in [1.807, 2.05) is 0 Å². The lowest BCUT2D eigenvalue weighted by molar-refractivity contribution is -0.123. The molecule has 2 aliphatic heterocycles. The van der Waals surface area contributed by atoms with Gasteiger partial charge in [0.2, 0.25) is 5.91 Å². The molecule has 0 spiro atoms. The van der Waals surface area contributed by atoms with Crippen LogP contribution in [0, 0.1) is 0 Å². The minimum absolute atomic E-state index is 0.227. The molecule has 0 aromatic rings. The third-order valence-electron chi connectivity index (χ3n) is 5.24. The van der Waals surface area contributed by atoms with E-state index in [0.29, 0.717) is 12.6 Å². The second-order valence-electron chi connectivity index (χ2n) is 6.82. The highest BCUT2D eigenvalue weighted by Gasteiger charge is 2.32. The molecule has 0 bridgehead atoms. The molecular weight excluding hydrogens is 264 g/mol.